The van der Waals surface area contributed by atoms with Crippen LogP contribution in [0.3, 0.4) is 0 Å². The lowest BCUT2D eigenvalue weighted by Crippen LogP contribution is -2.44. The number of hydrogen-bond donors (Lipinski definition) is 0. The fourth-order valence-corrected chi connectivity index (χ4v) is 5.46. The molecule has 0 radical (unpaired) electrons. The van der Waals surface area contributed by atoms with E-state index in [0.29, 0.717) is 17.8 Å². The Hall–Kier alpha value is -2.43. The van der Waals surface area contributed by atoms with Gasteiger partial charge in [-0.25, -0.2) is 15.0 Å². The van der Waals surface area contributed by atoms with Crippen molar-refractivity contribution in [1.82, 2.24) is 19.5 Å². The molecular formula is C27H36N4O4Si. The van der Waals surface area contributed by atoms with E-state index in [1.54, 1.807) is 12.7 Å². The molecule has 0 saturated carbocycles. The summed E-state index contributed by atoms with van der Waals surface area (Å²) in [5.74, 6) is -0.707. The maximum Gasteiger partial charge on any atom is 0.192 e. The molecule has 2 aliphatic rings. The lowest BCUT2D eigenvalue weighted by Gasteiger charge is -2.37. The zero-order valence-electron chi connectivity index (χ0n) is 22.1. The smallest absolute Gasteiger partial charge is 0.192 e. The summed E-state index contributed by atoms with van der Waals surface area (Å²) in [6.07, 6.45) is 6.06. The van der Waals surface area contributed by atoms with Gasteiger partial charge in [0.25, 0.3) is 0 Å². The van der Waals surface area contributed by atoms with Crippen LogP contribution in [0.1, 0.15) is 52.1 Å². The van der Waals surface area contributed by atoms with Gasteiger partial charge in [-0.2, -0.15) is 0 Å². The lowest BCUT2D eigenvalue weighted by molar-refractivity contribution is -0.199. The van der Waals surface area contributed by atoms with Gasteiger partial charge >= 0.3 is 0 Å². The third-order valence-corrected chi connectivity index (χ3v) is 11.9. The minimum Gasteiger partial charge on any atom is -0.414 e. The van der Waals surface area contributed by atoms with Crippen molar-refractivity contribution in [3.05, 3.63) is 54.2 Å². The second kappa shape index (κ2) is 9.15. The first kappa shape index (κ1) is 25.2. The summed E-state index contributed by atoms with van der Waals surface area (Å²) in [5.41, 5.74) is 3.25. The van der Waals surface area contributed by atoms with Gasteiger partial charge in [0.15, 0.2) is 26.0 Å². The van der Waals surface area contributed by atoms with Gasteiger partial charge in [-0.15, -0.1) is 0 Å². The molecule has 4 atom stereocenters. The maximum atomic E-state index is 6.54. The summed E-state index contributed by atoms with van der Waals surface area (Å²) in [6, 6.07) is 10.1. The van der Waals surface area contributed by atoms with Gasteiger partial charge < -0.3 is 18.6 Å². The highest BCUT2D eigenvalue weighted by Gasteiger charge is 2.56. The molecule has 36 heavy (non-hydrogen) atoms. The van der Waals surface area contributed by atoms with E-state index >= 15 is 0 Å². The Labute approximate surface area is 213 Å². The number of imidazole rings is 1. The largest absolute Gasteiger partial charge is 0.414 e. The van der Waals surface area contributed by atoms with Gasteiger partial charge in [0.1, 0.15) is 30.2 Å². The van der Waals surface area contributed by atoms with Crippen molar-refractivity contribution in [2.24, 2.45) is 0 Å². The number of rotatable bonds is 6. The molecule has 3 aromatic rings. The predicted molar refractivity (Wildman–Crippen MR) is 142 cm³/mol. The second-order valence-electron chi connectivity index (χ2n) is 11.5. The Morgan fingerprint density at radius 1 is 1.03 bits per heavy atom. The van der Waals surface area contributed by atoms with E-state index in [4.69, 9.17) is 18.6 Å². The molecule has 4 heterocycles. The SMILES string of the molecule is CC1(C)O[C@@H]2[C@H](O1)[C@@H](CO[Si](C)(C)C(C)(C)C)O[C@H]2n1cnc2c(C=Cc3ccccc3)ncnc21. The van der Waals surface area contributed by atoms with Crippen LogP contribution in [0.15, 0.2) is 43.0 Å². The van der Waals surface area contributed by atoms with E-state index in [2.05, 4.69) is 48.8 Å². The zero-order valence-corrected chi connectivity index (χ0v) is 23.1. The molecule has 2 fully saturated rings. The number of aromatic nitrogens is 4. The fraction of sp³-hybridized carbons (Fsp3) is 0.519. The van der Waals surface area contributed by atoms with E-state index in [-0.39, 0.29) is 23.4 Å². The summed E-state index contributed by atoms with van der Waals surface area (Å²) in [4.78, 5) is 13.7. The number of ether oxygens (including phenoxy) is 3. The topological polar surface area (TPSA) is 80.5 Å². The molecule has 2 aromatic heterocycles. The molecule has 0 amide bonds. The first-order chi connectivity index (χ1) is 17.0. The van der Waals surface area contributed by atoms with Crippen molar-refractivity contribution in [3.8, 4) is 0 Å². The third kappa shape index (κ3) is 4.78. The Bertz CT molecular complexity index is 1250. The van der Waals surface area contributed by atoms with Crippen LogP contribution in [-0.4, -0.2) is 58.5 Å². The van der Waals surface area contributed by atoms with Crippen LogP contribution in [-0.2, 0) is 18.6 Å². The first-order valence-electron chi connectivity index (χ1n) is 12.5. The highest BCUT2D eigenvalue weighted by atomic mass is 28.4. The number of benzene rings is 1. The Balaban J connectivity index is 1.43. The van der Waals surface area contributed by atoms with Gasteiger partial charge in [-0.05, 0) is 43.6 Å². The van der Waals surface area contributed by atoms with Gasteiger partial charge in [-0.1, -0.05) is 57.2 Å². The molecule has 192 valence electrons. The quantitative estimate of drug-likeness (QED) is 0.410. The standard InChI is InChI=1S/C27H36N4O4Si/c1-26(2,3)36(6,7)32-15-20-22-23(35-27(4,5)34-22)25(33-20)31-17-30-21-19(28-16-29-24(21)31)14-13-18-11-9-8-10-12-18/h8-14,16-17,20,22-23,25H,15H2,1-7H3/t20-,22-,23-,25-/m1/s1. The van der Waals surface area contributed by atoms with E-state index in [0.717, 1.165) is 11.3 Å². The van der Waals surface area contributed by atoms with E-state index in [9.17, 15) is 0 Å². The Morgan fingerprint density at radius 3 is 2.47 bits per heavy atom. The number of nitrogens with zero attached hydrogens (tertiary/aromatic N) is 4. The highest BCUT2D eigenvalue weighted by Crippen LogP contribution is 2.45. The maximum absolute atomic E-state index is 6.54. The minimum absolute atomic E-state index is 0.109. The molecule has 8 nitrogen and oxygen atoms in total. The second-order valence-corrected chi connectivity index (χ2v) is 16.3. The first-order valence-corrected chi connectivity index (χ1v) is 15.4. The fourth-order valence-electron chi connectivity index (χ4n) is 4.44. The molecule has 0 spiro atoms. The van der Waals surface area contributed by atoms with Crippen molar-refractivity contribution in [2.45, 2.75) is 83.1 Å². The van der Waals surface area contributed by atoms with Crippen LogP contribution in [0.4, 0.5) is 0 Å². The van der Waals surface area contributed by atoms with E-state index in [1.165, 1.54) is 0 Å². The molecule has 5 rings (SSSR count). The van der Waals surface area contributed by atoms with Gasteiger partial charge in [0.2, 0.25) is 0 Å². The van der Waals surface area contributed by atoms with Gasteiger partial charge in [0, 0.05) is 0 Å². The molecule has 1 aromatic carbocycles. The number of fused-ring (bicyclic) bond motifs is 2. The third-order valence-electron chi connectivity index (χ3n) is 7.43. The van der Waals surface area contributed by atoms with Crippen LogP contribution in [0.5, 0.6) is 0 Å². The van der Waals surface area contributed by atoms with Crippen LogP contribution >= 0.6 is 0 Å². The van der Waals surface area contributed by atoms with Crippen molar-refractivity contribution in [2.75, 3.05) is 6.61 Å². The molecule has 0 bridgehead atoms. The summed E-state index contributed by atoms with van der Waals surface area (Å²) < 4.78 is 27.6. The monoisotopic (exact) mass is 508 g/mol. The normalized spacial score (nSPS) is 26.2. The summed E-state index contributed by atoms with van der Waals surface area (Å²) in [7, 11) is -1.95. The van der Waals surface area contributed by atoms with Crippen molar-refractivity contribution in [3.63, 3.8) is 0 Å². The summed E-state index contributed by atoms with van der Waals surface area (Å²) in [6.45, 7) is 15.5. The molecule has 0 aliphatic carbocycles. The molecular weight excluding hydrogens is 472 g/mol. The van der Waals surface area contributed by atoms with Crippen LogP contribution in [0.25, 0.3) is 23.3 Å². The van der Waals surface area contributed by atoms with Crippen molar-refractivity contribution in [1.29, 1.82) is 0 Å². The average molecular weight is 509 g/mol. The van der Waals surface area contributed by atoms with Crippen LogP contribution in [0.2, 0.25) is 18.1 Å². The number of hydrogen-bond acceptors (Lipinski definition) is 7. The Kier molecular flexibility index (Phi) is 6.41. The van der Waals surface area contributed by atoms with Crippen molar-refractivity contribution < 1.29 is 18.6 Å². The highest BCUT2D eigenvalue weighted by molar-refractivity contribution is 6.74. The summed E-state index contributed by atoms with van der Waals surface area (Å²) in [5, 5.41) is 0.109. The predicted octanol–water partition coefficient (Wildman–Crippen LogP) is 5.44. The molecule has 2 aliphatic heterocycles. The molecule has 9 heteroatoms. The van der Waals surface area contributed by atoms with Crippen molar-refractivity contribution >= 4 is 31.6 Å². The Morgan fingerprint density at radius 2 is 1.75 bits per heavy atom. The van der Waals surface area contributed by atoms with E-state index in [1.807, 2.05) is 60.9 Å². The lowest BCUT2D eigenvalue weighted by atomic mass is 10.1. The van der Waals surface area contributed by atoms with Crippen LogP contribution < -0.4 is 0 Å². The van der Waals surface area contributed by atoms with Crippen LogP contribution in [0, 0.1) is 0 Å². The van der Waals surface area contributed by atoms with Gasteiger partial charge in [0.05, 0.1) is 18.6 Å². The molecule has 0 unspecified atom stereocenters. The molecule has 2 saturated heterocycles. The molecule has 0 N–H and O–H groups in total. The average Bonchev–Trinajstić information content (AvgIpc) is 3.47. The minimum atomic E-state index is -1.95. The summed E-state index contributed by atoms with van der Waals surface area (Å²) >= 11 is 0. The van der Waals surface area contributed by atoms with E-state index < -0.39 is 20.3 Å². The van der Waals surface area contributed by atoms with Gasteiger partial charge in [-0.3, -0.25) is 4.57 Å². The zero-order chi connectivity index (χ0) is 25.7.